The van der Waals surface area contributed by atoms with E-state index in [0.29, 0.717) is 16.9 Å². The third kappa shape index (κ3) is 5.35. The van der Waals surface area contributed by atoms with Crippen molar-refractivity contribution in [2.24, 2.45) is 5.14 Å². The summed E-state index contributed by atoms with van der Waals surface area (Å²) in [5.74, 6) is 0.190. The zero-order chi connectivity index (χ0) is 16.4. The van der Waals surface area contributed by atoms with Gasteiger partial charge in [-0.15, -0.1) is 0 Å². The summed E-state index contributed by atoms with van der Waals surface area (Å²) in [5.41, 5.74) is 0.650. The van der Waals surface area contributed by atoms with E-state index in [1.54, 1.807) is 26.0 Å². The summed E-state index contributed by atoms with van der Waals surface area (Å²) in [5, 5.41) is 7.94. The second-order valence-electron chi connectivity index (χ2n) is 6.02. The van der Waals surface area contributed by atoms with Crippen molar-refractivity contribution >= 4 is 15.9 Å². The molecule has 1 aromatic carbocycles. The zero-order valence-electron chi connectivity index (χ0n) is 13.0. The summed E-state index contributed by atoms with van der Waals surface area (Å²) in [6.07, 6.45) is 0. The van der Waals surface area contributed by atoms with Gasteiger partial charge in [0.15, 0.2) is 6.61 Å². The van der Waals surface area contributed by atoms with Gasteiger partial charge in [0.25, 0.3) is 5.91 Å². The largest absolute Gasteiger partial charge is 0.484 e. The first-order chi connectivity index (χ1) is 9.40. The Hall–Kier alpha value is -1.60. The van der Waals surface area contributed by atoms with Crippen LogP contribution in [-0.2, 0) is 14.8 Å². The fourth-order valence-electron chi connectivity index (χ4n) is 2.05. The predicted molar refractivity (Wildman–Crippen MR) is 80.7 cm³/mol. The van der Waals surface area contributed by atoms with E-state index in [0.717, 1.165) is 0 Å². The molecule has 0 saturated carbocycles. The number of benzene rings is 1. The van der Waals surface area contributed by atoms with Gasteiger partial charge >= 0.3 is 0 Å². The van der Waals surface area contributed by atoms with Gasteiger partial charge in [-0.25, -0.2) is 13.6 Å². The number of hydrogen-bond acceptors (Lipinski definition) is 4. The minimum atomic E-state index is -3.77. The molecule has 3 N–H and O–H groups in total. The number of primary sulfonamides is 1. The highest BCUT2D eigenvalue weighted by Gasteiger charge is 2.17. The number of carbonyl (C=O) groups excluding carboxylic acids is 1. The summed E-state index contributed by atoms with van der Waals surface area (Å²) < 4.78 is 28.4. The third-order valence-electron chi connectivity index (χ3n) is 2.60. The summed E-state index contributed by atoms with van der Waals surface area (Å²) >= 11 is 0. The van der Waals surface area contributed by atoms with E-state index in [1.807, 2.05) is 20.8 Å². The van der Waals surface area contributed by atoms with Gasteiger partial charge in [0.1, 0.15) is 5.75 Å². The van der Waals surface area contributed by atoms with Crippen molar-refractivity contribution in [2.75, 3.05) is 6.61 Å². The molecular formula is C14H22N2O4S. The molecule has 0 saturated heterocycles. The molecule has 1 amide bonds. The van der Waals surface area contributed by atoms with Crippen molar-refractivity contribution in [3.8, 4) is 5.75 Å². The molecule has 0 unspecified atom stereocenters. The quantitative estimate of drug-likeness (QED) is 0.873. The van der Waals surface area contributed by atoms with Gasteiger partial charge in [0.05, 0.1) is 4.90 Å². The van der Waals surface area contributed by atoms with Crippen molar-refractivity contribution in [3.63, 3.8) is 0 Å². The van der Waals surface area contributed by atoms with Crippen LogP contribution in [0, 0.1) is 13.8 Å². The minimum Gasteiger partial charge on any atom is -0.484 e. The van der Waals surface area contributed by atoms with Crippen LogP contribution in [0.4, 0.5) is 0 Å². The minimum absolute atomic E-state index is 0.0917. The standard InChI is InChI=1S/C14H22N2O4S/c1-9-6-11(7-10(2)13(9)21(15,18)19)20-8-12(17)16-14(3,4)5/h6-7H,8H2,1-5H3,(H,16,17)(H2,15,18,19). The molecule has 1 rings (SSSR count). The molecule has 1 aromatic rings. The van der Waals surface area contributed by atoms with Gasteiger partial charge in [-0.3, -0.25) is 4.79 Å². The highest BCUT2D eigenvalue weighted by Crippen LogP contribution is 2.24. The van der Waals surface area contributed by atoms with Crippen molar-refractivity contribution in [2.45, 2.75) is 45.1 Å². The average Bonchev–Trinajstić information content (AvgIpc) is 2.20. The molecule has 0 aliphatic rings. The van der Waals surface area contributed by atoms with Crippen molar-refractivity contribution in [1.82, 2.24) is 5.32 Å². The van der Waals surface area contributed by atoms with Crippen LogP contribution in [0.25, 0.3) is 0 Å². The lowest BCUT2D eigenvalue weighted by molar-refractivity contribution is -0.124. The van der Waals surface area contributed by atoms with Crippen molar-refractivity contribution in [1.29, 1.82) is 0 Å². The lowest BCUT2D eigenvalue weighted by Crippen LogP contribution is -2.43. The summed E-state index contributed by atoms with van der Waals surface area (Å²) in [7, 11) is -3.77. The normalized spacial score (nSPS) is 12.1. The number of nitrogens with one attached hydrogen (secondary N) is 1. The lowest BCUT2D eigenvalue weighted by atomic mass is 10.1. The van der Waals surface area contributed by atoms with Crippen LogP contribution in [0.3, 0.4) is 0 Å². The lowest BCUT2D eigenvalue weighted by Gasteiger charge is -2.20. The molecule has 0 aliphatic carbocycles. The first-order valence-corrected chi connectivity index (χ1v) is 8.02. The van der Waals surface area contributed by atoms with Crippen LogP contribution >= 0.6 is 0 Å². The number of aryl methyl sites for hydroxylation is 2. The Morgan fingerprint density at radius 1 is 1.24 bits per heavy atom. The molecule has 0 fully saturated rings. The van der Waals surface area contributed by atoms with Gasteiger partial charge in [-0.05, 0) is 57.9 Å². The second kappa shape index (κ2) is 6.03. The summed E-state index contributed by atoms with van der Waals surface area (Å²) in [4.78, 5) is 11.8. The van der Waals surface area contributed by atoms with Gasteiger partial charge in [0.2, 0.25) is 10.0 Å². The van der Waals surface area contributed by atoms with Crippen LogP contribution < -0.4 is 15.2 Å². The predicted octanol–water partition coefficient (Wildman–Crippen LogP) is 1.24. The molecule has 0 spiro atoms. The molecular weight excluding hydrogens is 292 g/mol. The monoisotopic (exact) mass is 314 g/mol. The van der Waals surface area contributed by atoms with Gasteiger partial charge in [-0.2, -0.15) is 0 Å². The van der Waals surface area contributed by atoms with Crippen LogP contribution in [-0.4, -0.2) is 26.5 Å². The van der Waals surface area contributed by atoms with E-state index in [4.69, 9.17) is 9.88 Å². The van der Waals surface area contributed by atoms with E-state index in [9.17, 15) is 13.2 Å². The number of nitrogens with two attached hydrogens (primary N) is 1. The molecule has 0 aromatic heterocycles. The number of hydrogen-bond donors (Lipinski definition) is 2. The molecule has 6 nitrogen and oxygen atoms in total. The summed E-state index contributed by atoms with van der Waals surface area (Å²) in [6, 6.07) is 3.11. The molecule has 0 radical (unpaired) electrons. The van der Waals surface area contributed by atoms with Crippen LogP contribution in [0.1, 0.15) is 31.9 Å². The van der Waals surface area contributed by atoms with Crippen LogP contribution in [0.15, 0.2) is 17.0 Å². The Kier molecular flexibility index (Phi) is 5.01. The molecule has 21 heavy (non-hydrogen) atoms. The SMILES string of the molecule is Cc1cc(OCC(=O)NC(C)(C)C)cc(C)c1S(N)(=O)=O. The summed E-state index contributed by atoms with van der Waals surface area (Å²) in [6.45, 7) is 8.76. The van der Waals surface area contributed by atoms with Gasteiger partial charge in [-0.1, -0.05) is 0 Å². The van der Waals surface area contributed by atoms with Crippen LogP contribution in [0.5, 0.6) is 5.75 Å². The molecule has 118 valence electrons. The fraction of sp³-hybridized carbons (Fsp3) is 0.500. The molecule has 0 aliphatic heterocycles. The Balaban J connectivity index is 2.86. The number of rotatable bonds is 4. The molecule has 0 bridgehead atoms. The van der Waals surface area contributed by atoms with Gasteiger partial charge in [0, 0.05) is 5.54 Å². The van der Waals surface area contributed by atoms with Gasteiger partial charge < -0.3 is 10.1 Å². The van der Waals surface area contributed by atoms with E-state index < -0.39 is 10.0 Å². The first-order valence-electron chi connectivity index (χ1n) is 6.48. The van der Waals surface area contributed by atoms with E-state index in [2.05, 4.69) is 5.32 Å². The first kappa shape index (κ1) is 17.5. The van der Waals surface area contributed by atoms with Crippen molar-refractivity contribution in [3.05, 3.63) is 23.3 Å². The topological polar surface area (TPSA) is 98.5 Å². The second-order valence-corrected chi connectivity index (χ2v) is 7.52. The number of ether oxygens (including phenoxy) is 1. The number of sulfonamides is 1. The van der Waals surface area contributed by atoms with E-state index in [-0.39, 0.29) is 22.9 Å². The number of amides is 1. The number of carbonyl (C=O) groups is 1. The molecule has 0 heterocycles. The average molecular weight is 314 g/mol. The van der Waals surface area contributed by atoms with Crippen molar-refractivity contribution < 1.29 is 17.9 Å². The highest BCUT2D eigenvalue weighted by atomic mass is 32.2. The maximum atomic E-state index is 11.7. The van der Waals surface area contributed by atoms with Crippen LogP contribution in [0.2, 0.25) is 0 Å². The molecule has 0 atom stereocenters. The van der Waals surface area contributed by atoms with E-state index in [1.165, 1.54) is 0 Å². The Bertz CT molecular complexity index is 622. The Labute approximate surface area is 125 Å². The Morgan fingerprint density at radius 2 is 1.71 bits per heavy atom. The Morgan fingerprint density at radius 3 is 2.10 bits per heavy atom. The maximum Gasteiger partial charge on any atom is 0.258 e. The fourth-order valence-corrected chi connectivity index (χ4v) is 3.06. The third-order valence-corrected chi connectivity index (χ3v) is 3.82. The smallest absolute Gasteiger partial charge is 0.258 e. The highest BCUT2D eigenvalue weighted by molar-refractivity contribution is 7.89. The zero-order valence-corrected chi connectivity index (χ0v) is 13.8. The van der Waals surface area contributed by atoms with E-state index >= 15 is 0 Å². The maximum absolute atomic E-state index is 11.7. The molecule has 7 heteroatoms.